The normalized spacial score (nSPS) is 10.4. The number of hydrogen-bond donors (Lipinski definition) is 2. The van der Waals surface area contributed by atoms with Crippen LogP contribution in [0.2, 0.25) is 0 Å². The zero-order valence-electron chi connectivity index (χ0n) is 8.65. The Hall–Kier alpha value is -1.07. The summed E-state index contributed by atoms with van der Waals surface area (Å²) in [6.45, 7) is 0.116. The van der Waals surface area contributed by atoms with Crippen molar-refractivity contribution in [1.82, 2.24) is 0 Å². The van der Waals surface area contributed by atoms with Crippen molar-refractivity contribution in [1.29, 1.82) is 0 Å². The maximum Gasteiger partial charge on any atom is 0.338 e. The van der Waals surface area contributed by atoms with Gasteiger partial charge in [0.1, 0.15) is 5.82 Å². The SMILES string of the molecule is O=C(O)c1cccc(CSCCCO)c1F. The van der Waals surface area contributed by atoms with Crippen LogP contribution in [0.3, 0.4) is 0 Å². The van der Waals surface area contributed by atoms with Crippen molar-refractivity contribution < 1.29 is 19.4 Å². The minimum Gasteiger partial charge on any atom is -0.478 e. The lowest BCUT2D eigenvalue weighted by atomic mass is 10.1. The molecule has 0 saturated heterocycles. The standard InChI is InChI=1S/C11H13FO3S/c12-10-8(7-16-6-2-5-13)3-1-4-9(10)11(14)15/h1,3-4,13H,2,5-7H2,(H,14,15). The van der Waals surface area contributed by atoms with Crippen LogP contribution in [0.5, 0.6) is 0 Å². The number of carboxylic acid groups (broad SMARTS) is 1. The van der Waals surface area contributed by atoms with Gasteiger partial charge < -0.3 is 10.2 Å². The van der Waals surface area contributed by atoms with Gasteiger partial charge in [-0.3, -0.25) is 0 Å². The van der Waals surface area contributed by atoms with Crippen LogP contribution in [0.1, 0.15) is 22.3 Å². The van der Waals surface area contributed by atoms with Crippen molar-refractivity contribution in [2.75, 3.05) is 12.4 Å². The Bertz CT molecular complexity index is 368. The van der Waals surface area contributed by atoms with E-state index in [0.29, 0.717) is 17.7 Å². The van der Waals surface area contributed by atoms with Gasteiger partial charge in [-0.05, 0) is 23.8 Å². The zero-order valence-corrected chi connectivity index (χ0v) is 9.47. The van der Waals surface area contributed by atoms with Gasteiger partial charge >= 0.3 is 5.97 Å². The van der Waals surface area contributed by atoms with Crippen LogP contribution in [0.4, 0.5) is 4.39 Å². The van der Waals surface area contributed by atoms with E-state index in [-0.39, 0.29) is 12.2 Å². The van der Waals surface area contributed by atoms with E-state index >= 15 is 0 Å². The van der Waals surface area contributed by atoms with Gasteiger partial charge in [0.25, 0.3) is 0 Å². The second-order valence-corrected chi connectivity index (χ2v) is 4.32. The Morgan fingerprint density at radius 2 is 2.19 bits per heavy atom. The van der Waals surface area contributed by atoms with Crippen LogP contribution in [-0.2, 0) is 5.75 Å². The van der Waals surface area contributed by atoms with Gasteiger partial charge in [-0.2, -0.15) is 11.8 Å². The fourth-order valence-corrected chi connectivity index (χ4v) is 2.13. The molecule has 2 N–H and O–H groups in total. The molecular formula is C11H13FO3S. The highest BCUT2D eigenvalue weighted by Gasteiger charge is 2.13. The van der Waals surface area contributed by atoms with Crippen LogP contribution in [0.15, 0.2) is 18.2 Å². The van der Waals surface area contributed by atoms with Crippen LogP contribution < -0.4 is 0 Å². The molecular weight excluding hydrogens is 231 g/mol. The van der Waals surface area contributed by atoms with Crippen LogP contribution in [0, 0.1) is 5.82 Å². The summed E-state index contributed by atoms with van der Waals surface area (Å²) in [6, 6.07) is 4.36. The molecule has 0 radical (unpaired) electrons. The molecule has 0 heterocycles. The number of aliphatic hydroxyl groups is 1. The lowest BCUT2D eigenvalue weighted by molar-refractivity contribution is 0.0691. The summed E-state index contributed by atoms with van der Waals surface area (Å²) < 4.78 is 13.6. The van der Waals surface area contributed by atoms with Gasteiger partial charge in [-0.1, -0.05) is 12.1 Å². The number of aromatic carboxylic acids is 1. The molecule has 0 bridgehead atoms. The van der Waals surface area contributed by atoms with Crippen molar-refractivity contribution in [3.63, 3.8) is 0 Å². The molecule has 0 fully saturated rings. The fraction of sp³-hybridized carbons (Fsp3) is 0.364. The van der Waals surface area contributed by atoms with Crippen molar-refractivity contribution >= 4 is 17.7 Å². The average Bonchev–Trinajstić information content (AvgIpc) is 2.26. The Kier molecular flexibility index (Phi) is 5.28. The molecule has 0 spiro atoms. The zero-order chi connectivity index (χ0) is 12.0. The number of carbonyl (C=O) groups is 1. The van der Waals surface area contributed by atoms with E-state index < -0.39 is 11.8 Å². The smallest absolute Gasteiger partial charge is 0.338 e. The lowest BCUT2D eigenvalue weighted by Crippen LogP contribution is -2.03. The molecule has 1 aromatic carbocycles. The van der Waals surface area contributed by atoms with Crippen LogP contribution >= 0.6 is 11.8 Å². The second-order valence-electron chi connectivity index (χ2n) is 3.21. The highest BCUT2D eigenvalue weighted by molar-refractivity contribution is 7.98. The topological polar surface area (TPSA) is 57.5 Å². The predicted octanol–water partition coefficient (Wildman–Crippen LogP) is 2.14. The number of halogens is 1. The quantitative estimate of drug-likeness (QED) is 0.753. The number of thioether (sulfide) groups is 1. The molecule has 0 unspecified atom stereocenters. The van der Waals surface area contributed by atoms with Gasteiger partial charge in [0.05, 0.1) is 5.56 Å². The second kappa shape index (κ2) is 6.50. The van der Waals surface area contributed by atoms with E-state index in [4.69, 9.17) is 10.2 Å². The van der Waals surface area contributed by atoms with Crippen molar-refractivity contribution in [2.24, 2.45) is 0 Å². The lowest BCUT2D eigenvalue weighted by Gasteiger charge is -2.05. The Balaban J connectivity index is 2.66. The van der Waals surface area contributed by atoms with Gasteiger partial charge in [-0.15, -0.1) is 0 Å². The molecule has 3 nitrogen and oxygen atoms in total. The summed E-state index contributed by atoms with van der Waals surface area (Å²) in [4.78, 5) is 10.7. The molecule has 1 rings (SSSR count). The summed E-state index contributed by atoms with van der Waals surface area (Å²) in [5.74, 6) is -0.758. The van der Waals surface area contributed by atoms with Gasteiger partial charge in [0.2, 0.25) is 0 Å². The highest BCUT2D eigenvalue weighted by Crippen LogP contribution is 2.19. The number of rotatable bonds is 6. The van der Waals surface area contributed by atoms with E-state index in [1.807, 2.05) is 0 Å². The average molecular weight is 244 g/mol. The van der Waals surface area contributed by atoms with Gasteiger partial charge in [0, 0.05) is 12.4 Å². The van der Waals surface area contributed by atoms with Crippen molar-refractivity contribution in [2.45, 2.75) is 12.2 Å². The van der Waals surface area contributed by atoms with Crippen LogP contribution in [0.25, 0.3) is 0 Å². The summed E-state index contributed by atoms with van der Waals surface area (Å²) in [5, 5.41) is 17.3. The minimum atomic E-state index is -1.25. The monoisotopic (exact) mass is 244 g/mol. The van der Waals surface area contributed by atoms with Crippen LogP contribution in [-0.4, -0.2) is 28.5 Å². The number of hydrogen-bond acceptors (Lipinski definition) is 3. The predicted molar refractivity (Wildman–Crippen MR) is 61.2 cm³/mol. The summed E-state index contributed by atoms with van der Waals surface area (Å²) in [5.41, 5.74) is 0.100. The first-order valence-corrected chi connectivity index (χ1v) is 6.01. The van der Waals surface area contributed by atoms with Crippen molar-refractivity contribution in [3.8, 4) is 0 Å². The van der Waals surface area contributed by atoms with Gasteiger partial charge in [-0.25, -0.2) is 9.18 Å². The molecule has 0 saturated carbocycles. The molecule has 0 atom stereocenters. The molecule has 1 aromatic rings. The maximum atomic E-state index is 13.6. The molecule has 0 aliphatic rings. The Labute approximate surface area is 97.3 Å². The Morgan fingerprint density at radius 1 is 1.44 bits per heavy atom. The third kappa shape index (κ3) is 3.50. The maximum absolute atomic E-state index is 13.6. The van der Waals surface area contributed by atoms with E-state index in [1.165, 1.54) is 23.9 Å². The number of aliphatic hydroxyl groups excluding tert-OH is 1. The van der Waals surface area contributed by atoms with E-state index in [0.717, 1.165) is 5.75 Å². The van der Waals surface area contributed by atoms with E-state index in [9.17, 15) is 9.18 Å². The van der Waals surface area contributed by atoms with Gasteiger partial charge in [0.15, 0.2) is 0 Å². The minimum absolute atomic E-state index is 0.116. The van der Waals surface area contributed by atoms with E-state index in [1.54, 1.807) is 6.07 Å². The summed E-state index contributed by atoms with van der Waals surface area (Å²) >= 11 is 1.47. The molecule has 0 aliphatic heterocycles. The fourth-order valence-electron chi connectivity index (χ4n) is 1.21. The first-order chi connectivity index (χ1) is 7.66. The third-order valence-corrected chi connectivity index (χ3v) is 3.11. The number of benzene rings is 1. The summed E-state index contributed by atoms with van der Waals surface area (Å²) in [6.07, 6.45) is 0.658. The van der Waals surface area contributed by atoms with E-state index in [2.05, 4.69) is 0 Å². The Morgan fingerprint density at radius 3 is 2.81 bits per heavy atom. The number of carboxylic acids is 1. The van der Waals surface area contributed by atoms with Crippen molar-refractivity contribution in [3.05, 3.63) is 35.1 Å². The third-order valence-electron chi connectivity index (χ3n) is 2.01. The molecule has 0 amide bonds. The summed E-state index contributed by atoms with van der Waals surface area (Å²) in [7, 11) is 0. The molecule has 5 heteroatoms. The molecule has 88 valence electrons. The first-order valence-electron chi connectivity index (χ1n) is 4.86. The molecule has 0 aliphatic carbocycles. The molecule has 0 aromatic heterocycles. The highest BCUT2D eigenvalue weighted by atomic mass is 32.2. The largest absolute Gasteiger partial charge is 0.478 e. The molecule has 16 heavy (non-hydrogen) atoms. The first kappa shape index (κ1) is 13.0.